The van der Waals surface area contributed by atoms with Gasteiger partial charge >= 0.3 is 0 Å². The number of thiophene rings is 1. The van der Waals surface area contributed by atoms with Crippen LogP contribution in [0.3, 0.4) is 0 Å². The van der Waals surface area contributed by atoms with Gasteiger partial charge in [0.25, 0.3) is 0 Å². The number of nitrogens with one attached hydrogen (secondary N) is 1. The van der Waals surface area contributed by atoms with Crippen molar-refractivity contribution in [3.05, 3.63) is 22.4 Å². The molecule has 16 heavy (non-hydrogen) atoms. The Bertz CT molecular complexity index is 405. The molecule has 0 aliphatic carbocycles. The molecule has 2 heterocycles. The second-order valence-electron chi connectivity index (χ2n) is 4.15. The van der Waals surface area contributed by atoms with E-state index in [0.717, 1.165) is 30.8 Å². The number of sulfone groups is 1. The van der Waals surface area contributed by atoms with Crippen LogP contribution >= 0.6 is 11.3 Å². The first-order valence-electron chi connectivity index (χ1n) is 5.63. The van der Waals surface area contributed by atoms with E-state index in [1.54, 1.807) is 11.3 Å². The molecular formula is C11H17NO2S2. The minimum Gasteiger partial charge on any atom is -0.317 e. The lowest BCUT2D eigenvalue weighted by molar-refractivity contribution is 0.496. The Labute approximate surface area is 101 Å². The highest BCUT2D eigenvalue weighted by molar-refractivity contribution is 7.92. The smallest absolute Gasteiger partial charge is 0.153 e. The molecule has 0 saturated carbocycles. The molecule has 1 N–H and O–H groups in total. The van der Waals surface area contributed by atoms with Crippen LogP contribution in [0, 0.1) is 0 Å². The molecule has 1 saturated heterocycles. The first kappa shape index (κ1) is 12.1. The van der Waals surface area contributed by atoms with Crippen LogP contribution in [0.5, 0.6) is 0 Å². The Hall–Kier alpha value is -0.390. The van der Waals surface area contributed by atoms with E-state index in [-0.39, 0.29) is 5.25 Å². The molecule has 0 bridgehead atoms. The number of aryl methyl sites for hydroxylation is 1. The van der Waals surface area contributed by atoms with Gasteiger partial charge < -0.3 is 5.32 Å². The fraction of sp³-hybridized carbons (Fsp3) is 0.636. The standard InChI is InChI=1S/C11H17NO2S2/c13-16(14,11-3-6-12-7-4-11)9-5-10-2-1-8-15-10/h1-2,8,11-12H,3-7,9H2. The maximum absolute atomic E-state index is 12.1. The van der Waals surface area contributed by atoms with E-state index < -0.39 is 9.84 Å². The Kier molecular flexibility index (Phi) is 4.00. The van der Waals surface area contributed by atoms with Crippen LogP contribution in [0.15, 0.2) is 17.5 Å². The van der Waals surface area contributed by atoms with Crippen molar-refractivity contribution in [2.24, 2.45) is 0 Å². The van der Waals surface area contributed by atoms with Crippen LogP contribution in [0.1, 0.15) is 17.7 Å². The summed E-state index contributed by atoms with van der Waals surface area (Å²) in [5.74, 6) is 0.304. The fourth-order valence-corrected chi connectivity index (χ4v) is 4.65. The molecule has 0 aromatic carbocycles. The first-order chi connectivity index (χ1) is 7.68. The molecule has 5 heteroatoms. The van der Waals surface area contributed by atoms with Crippen LogP contribution in [-0.4, -0.2) is 32.5 Å². The van der Waals surface area contributed by atoms with E-state index in [1.807, 2.05) is 17.5 Å². The zero-order valence-corrected chi connectivity index (χ0v) is 10.8. The highest BCUT2D eigenvalue weighted by Gasteiger charge is 2.26. The maximum atomic E-state index is 12.1. The van der Waals surface area contributed by atoms with Gasteiger partial charge in [-0.05, 0) is 43.8 Å². The van der Waals surface area contributed by atoms with Crippen molar-refractivity contribution < 1.29 is 8.42 Å². The van der Waals surface area contributed by atoms with Crippen molar-refractivity contribution in [2.45, 2.75) is 24.5 Å². The molecule has 3 nitrogen and oxygen atoms in total. The van der Waals surface area contributed by atoms with Crippen molar-refractivity contribution in [1.82, 2.24) is 5.32 Å². The Balaban J connectivity index is 1.91. The average Bonchev–Trinajstić information content (AvgIpc) is 2.81. The molecule has 1 aliphatic rings. The van der Waals surface area contributed by atoms with Gasteiger partial charge in [-0.15, -0.1) is 11.3 Å². The first-order valence-corrected chi connectivity index (χ1v) is 8.23. The van der Waals surface area contributed by atoms with Crippen molar-refractivity contribution in [3.8, 4) is 0 Å². The summed E-state index contributed by atoms with van der Waals surface area (Å²) in [5.41, 5.74) is 0. The molecule has 0 atom stereocenters. The highest BCUT2D eigenvalue weighted by Crippen LogP contribution is 2.17. The van der Waals surface area contributed by atoms with Crippen molar-refractivity contribution in [2.75, 3.05) is 18.8 Å². The van der Waals surface area contributed by atoms with E-state index >= 15 is 0 Å². The lowest BCUT2D eigenvalue weighted by atomic mass is 10.2. The normalized spacial score (nSPS) is 18.8. The summed E-state index contributed by atoms with van der Waals surface area (Å²) in [6.45, 7) is 1.67. The van der Waals surface area contributed by atoms with Gasteiger partial charge in [0.2, 0.25) is 0 Å². The van der Waals surface area contributed by atoms with Crippen LogP contribution in [0.4, 0.5) is 0 Å². The summed E-state index contributed by atoms with van der Waals surface area (Å²) in [5, 5.41) is 5.07. The minimum atomic E-state index is -2.89. The summed E-state index contributed by atoms with van der Waals surface area (Å²) in [6.07, 6.45) is 2.21. The fourth-order valence-electron chi connectivity index (χ4n) is 2.02. The molecule has 0 amide bonds. The predicted octanol–water partition coefficient (Wildman–Crippen LogP) is 1.46. The van der Waals surface area contributed by atoms with Crippen LogP contribution in [-0.2, 0) is 16.3 Å². The number of hydrogen-bond donors (Lipinski definition) is 1. The maximum Gasteiger partial charge on any atom is 0.153 e. The third-order valence-electron chi connectivity index (χ3n) is 3.01. The van der Waals surface area contributed by atoms with E-state index in [4.69, 9.17) is 0 Å². The number of hydrogen-bond acceptors (Lipinski definition) is 4. The van der Waals surface area contributed by atoms with Crippen molar-refractivity contribution in [1.29, 1.82) is 0 Å². The quantitative estimate of drug-likeness (QED) is 0.890. The van der Waals surface area contributed by atoms with Gasteiger partial charge in [-0.3, -0.25) is 0 Å². The van der Waals surface area contributed by atoms with Gasteiger partial charge in [-0.1, -0.05) is 6.07 Å². The summed E-state index contributed by atoms with van der Waals surface area (Å²) >= 11 is 1.63. The third-order valence-corrected chi connectivity index (χ3v) is 6.20. The van der Waals surface area contributed by atoms with Crippen LogP contribution in [0.2, 0.25) is 0 Å². The van der Waals surface area contributed by atoms with Gasteiger partial charge in [-0.25, -0.2) is 8.42 Å². The summed E-state index contributed by atoms with van der Waals surface area (Å²) in [7, 11) is -2.89. The highest BCUT2D eigenvalue weighted by atomic mass is 32.2. The molecule has 0 unspecified atom stereocenters. The van der Waals surface area contributed by atoms with Crippen LogP contribution in [0.25, 0.3) is 0 Å². The lowest BCUT2D eigenvalue weighted by Crippen LogP contribution is -2.37. The van der Waals surface area contributed by atoms with E-state index in [0.29, 0.717) is 12.2 Å². The van der Waals surface area contributed by atoms with Gasteiger partial charge in [-0.2, -0.15) is 0 Å². The molecule has 0 radical (unpaired) electrons. The van der Waals surface area contributed by atoms with Gasteiger partial charge in [0.1, 0.15) is 0 Å². The zero-order valence-electron chi connectivity index (χ0n) is 9.19. The van der Waals surface area contributed by atoms with E-state index in [2.05, 4.69) is 5.32 Å². The molecular weight excluding hydrogens is 242 g/mol. The predicted molar refractivity (Wildman–Crippen MR) is 67.7 cm³/mol. The van der Waals surface area contributed by atoms with E-state index in [9.17, 15) is 8.42 Å². The monoisotopic (exact) mass is 259 g/mol. The van der Waals surface area contributed by atoms with Crippen molar-refractivity contribution in [3.63, 3.8) is 0 Å². The van der Waals surface area contributed by atoms with Crippen LogP contribution < -0.4 is 5.32 Å². The van der Waals surface area contributed by atoms with Gasteiger partial charge in [0, 0.05) is 4.88 Å². The zero-order chi connectivity index (χ0) is 11.4. The Morgan fingerprint density at radius 1 is 1.38 bits per heavy atom. The summed E-state index contributed by atoms with van der Waals surface area (Å²) in [4.78, 5) is 1.16. The number of piperidine rings is 1. The second kappa shape index (κ2) is 5.29. The lowest BCUT2D eigenvalue weighted by Gasteiger charge is -2.22. The van der Waals surface area contributed by atoms with Crippen molar-refractivity contribution >= 4 is 21.2 Å². The molecule has 1 aliphatic heterocycles. The molecule has 2 rings (SSSR count). The molecule has 1 aromatic heterocycles. The number of rotatable bonds is 4. The molecule has 90 valence electrons. The van der Waals surface area contributed by atoms with Gasteiger partial charge in [0.05, 0.1) is 11.0 Å². The topological polar surface area (TPSA) is 46.2 Å². The largest absolute Gasteiger partial charge is 0.317 e. The Morgan fingerprint density at radius 3 is 2.75 bits per heavy atom. The Morgan fingerprint density at radius 2 is 2.12 bits per heavy atom. The second-order valence-corrected chi connectivity index (χ2v) is 7.58. The minimum absolute atomic E-state index is 0.117. The third kappa shape index (κ3) is 3.06. The average molecular weight is 259 g/mol. The summed E-state index contributed by atoms with van der Waals surface area (Å²) < 4.78 is 24.1. The van der Waals surface area contributed by atoms with Gasteiger partial charge in [0.15, 0.2) is 9.84 Å². The summed E-state index contributed by atoms with van der Waals surface area (Å²) in [6, 6.07) is 3.97. The SMILES string of the molecule is O=S(=O)(CCc1cccs1)C1CCNCC1. The molecule has 0 spiro atoms. The van der Waals surface area contributed by atoms with E-state index in [1.165, 1.54) is 0 Å². The molecule has 1 fully saturated rings. The molecule has 1 aromatic rings.